The molecule has 0 bridgehead atoms. The quantitative estimate of drug-likeness (QED) is 0.551. The van der Waals surface area contributed by atoms with Crippen LogP contribution in [0.3, 0.4) is 0 Å². The largest absolute Gasteiger partial charge is 0.493 e. The van der Waals surface area contributed by atoms with Crippen molar-refractivity contribution in [2.24, 2.45) is 0 Å². The summed E-state index contributed by atoms with van der Waals surface area (Å²) in [6, 6.07) is 18.7. The number of hydrazine groups is 1. The first-order valence-electron chi connectivity index (χ1n) is 9.91. The second-order valence-corrected chi connectivity index (χ2v) is 9.56. The minimum atomic E-state index is -3.88. The number of nitrogens with one attached hydrogen (secondary N) is 1. The van der Waals surface area contributed by atoms with E-state index in [0.717, 1.165) is 11.1 Å². The van der Waals surface area contributed by atoms with E-state index in [1.54, 1.807) is 56.7 Å². The van der Waals surface area contributed by atoms with Crippen LogP contribution in [0.2, 0.25) is 5.02 Å². The van der Waals surface area contributed by atoms with Gasteiger partial charge in [0, 0.05) is 10.6 Å². The Bertz CT molecular complexity index is 1270. The molecule has 0 spiro atoms. The molecule has 32 heavy (non-hydrogen) atoms. The summed E-state index contributed by atoms with van der Waals surface area (Å²) in [4.78, 5) is 0.189. The molecule has 0 aliphatic carbocycles. The molecule has 1 atom stereocenters. The predicted molar refractivity (Wildman–Crippen MR) is 125 cm³/mol. The summed E-state index contributed by atoms with van der Waals surface area (Å²) in [7, 11) is -0.766. The van der Waals surface area contributed by atoms with E-state index in [9.17, 15) is 8.42 Å². The minimum Gasteiger partial charge on any atom is -0.493 e. The molecule has 0 saturated heterocycles. The Morgan fingerprint density at radius 3 is 2.28 bits per heavy atom. The maximum atomic E-state index is 13.6. The van der Waals surface area contributed by atoms with Crippen LogP contribution in [0.25, 0.3) is 5.70 Å². The van der Waals surface area contributed by atoms with Crippen LogP contribution in [0.5, 0.6) is 11.5 Å². The summed E-state index contributed by atoms with van der Waals surface area (Å²) in [5.41, 5.74) is 6.10. The van der Waals surface area contributed by atoms with E-state index in [-0.39, 0.29) is 4.90 Å². The number of nitrogens with zero attached hydrogens (tertiary/aromatic N) is 1. The number of sulfonamides is 1. The van der Waals surface area contributed by atoms with Crippen molar-refractivity contribution in [2.75, 3.05) is 14.2 Å². The van der Waals surface area contributed by atoms with E-state index in [0.29, 0.717) is 27.8 Å². The second-order valence-electron chi connectivity index (χ2n) is 7.34. The van der Waals surface area contributed by atoms with Gasteiger partial charge < -0.3 is 14.9 Å². The summed E-state index contributed by atoms with van der Waals surface area (Å²) in [5, 5.41) is 0.480. The normalized spacial score (nSPS) is 16.4. The SMILES string of the molecule is COc1ccc(C2=C[C@@H](c3ccccc3Cl)N(S(=O)(=O)c3ccc(C)cc3)N2)cc1OC. The maximum absolute atomic E-state index is 13.6. The monoisotopic (exact) mass is 470 g/mol. The van der Waals surface area contributed by atoms with Crippen molar-refractivity contribution >= 4 is 27.3 Å². The first kappa shape index (κ1) is 22.2. The Hall–Kier alpha value is -3.00. The van der Waals surface area contributed by atoms with Crippen LogP contribution >= 0.6 is 11.6 Å². The van der Waals surface area contributed by atoms with Gasteiger partial charge in [-0.1, -0.05) is 47.5 Å². The molecule has 0 fully saturated rings. The fourth-order valence-corrected chi connectivity index (χ4v) is 5.23. The lowest BCUT2D eigenvalue weighted by atomic mass is 10.1. The Morgan fingerprint density at radius 1 is 0.938 bits per heavy atom. The molecular weight excluding hydrogens is 448 g/mol. The smallest absolute Gasteiger partial charge is 0.260 e. The fraction of sp³-hybridized carbons (Fsp3) is 0.167. The zero-order valence-electron chi connectivity index (χ0n) is 17.9. The Labute approximate surface area is 193 Å². The molecule has 1 heterocycles. The van der Waals surface area contributed by atoms with Gasteiger partial charge in [0.1, 0.15) is 0 Å². The third kappa shape index (κ3) is 4.07. The molecule has 1 N–H and O–H groups in total. The topological polar surface area (TPSA) is 67.9 Å². The van der Waals surface area contributed by atoms with Gasteiger partial charge >= 0.3 is 0 Å². The van der Waals surface area contributed by atoms with E-state index in [2.05, 4.69) is 5.43 Å². The first-order chi connectivity index (χ1) is 15.3. The van der Waals surface area contributed by atoms with Gasteiger partial charge in [-0.15, -0.1) is 4.41 Å². The Kier molecular flexibility index (Phi) is 6.15. The highest BCUT2D eigenvalue weighted by Gasteiger charge is 2.38. The third-order valence-electron chi connectivity index (χ3n) is 5.30. The van der Waals surface area contributed by atoms with E-state index in [4.69, 9.17) is 21.1 Å². The van der Waals surface area contributed by atoms with Gasteiger partial charge in [-0.05, 0) is 55.0 Å². The van der Waals surface area contributed by atoms with Crippen molar-refractivity contribution in [3.8, 4) is 11.5 Å². The molecule has 0 unspecified atom stereocenters. The maximum Gasteiger partial charge on any atom is 0.260 e. The van der Waals surface area contributed by atoms with Gasteiger partial charge in [0.25, 0.3) is 10.0 Å². The number of methoxy groups -OCH3 is 2. The van der Waals surface area contributed by atoms with Gasteiger partial charge in [0.05, 0.1) is 30.9 Å². The van der Waals surface area contributed by atoms with E-state index in [1.807, 2.05) is 37.3 Å². The molecule has 166 valence electrons. The molecule has 1 aliphatic rings. The Balaban J connectivity index is 1.81. The van der Waals surface area contributed by atoms with Gasteiger partial charge in [-0.25, -0.2) is 8.42 Å². The van der Waals surface area contributed by atoms with Crippen molar-refractivity contribution < 1.29 is 17.9 Å². The van der Waals surface area contributed by atoms with Gasteiger partial charge in [0.15, 0.2) is 11.5 Å². The lowest BCUT2D eigenvalue weighted by Gasteiger charge is -2.25. The number of halogens is 1. The molecule has 3 aromatic carbocycles. The molecule has 3 aromatic rings. The van der Waals surface area contributed by atoms with Crippen LogP contribution in [-0.2, 0) is 10.0 Å². The molecule has 8 heteroatoms. The van der Waals surface area contributed by atoms with Crippen molar-refractivity contribution in [2.45, 2.75) is 17.9 Å². The fourth-order valence-electron chi connectivity index (χ4n) is 3.58. The number of hydrogen-bond donors (Lipinski definition) is 1. The highest BCUT2D eigenvalue weighted by atomic mass is 35.5. The summed E-state index contributed by atoms with van der Waals surface area (Å²) in [5.74, 6) is 1.13. The van der Waals surface area contributed by atoms with Crippen LogP contribution in [0.15, 0.2) is 77.7 Å². The highest BCUT2D eigenvalue weighted by Crippen LogP contribution is 2.39. The highest BCUT2D eigenvalue weighted by molar-refractivity contribution is 7.89. The van der Waals surface area contributed by atoms with Crippen LogP contribution in [-0.4, -0.2) is 27.1 Å². The van der Waals surface area contributed by atoms with E-state index in [1.165, 1.54) is 4.41 Å². The van der Waals surface area contributed by atoms with Gasteiger partial charge in [0.2, 0.25) is 0 Å². The summed E-state index contributed by atoms with van der Waals surface area (Å²) >= 11 is 6.45. The second kappa shape index (κ2) is 8.86. The van der Waals surface area contributed by atoms with Crippen molar-refractivity contribution in [3.05, 3.63) is 94.5 Å². The molecule has 0 amide bonds. The molecule has 4 rings (SSSR count). The number of hydrogen-bond acceptors (Lipinski definition) is 5. The van der Waals surface area contributed by atoms with Crippen LogP contribution in [0.1, 0.15) is 22.7 Å². The van der Waals surface area contributed by atoms with Gasteiger partial charge in [-0.3, -0.25) is 0 Å². The summed E-state index contributed by atoms with van der Waals surface area (Å²) in [6.45, 7) is 1.91. The Morgan fingerprint density at radius 2 is 1.62 bits per heavy atom. The predicted octanol–water partition coefficient (Wildman–Crippen LogP) is 4.96. The molecule has 0 saturated carbocycles. The number of benzene rings is 3. The lowest BCUT2D eigenvalue weighted by molar-refractivity contribution is 0.347. The van der Waals surface area contributed by atoms with Crippen molar-refractivity contribution in [1.29, 1.82) is 0 Å². The summed E-state index contributed by atoms with van der Waals surface area (Å²) in [6.07, 6.45) is 1.84. The van der Waals surface area contributed by atoms with Gasteiger partial charge in [-0.2, -0.15) is 0 Å². The molecule has 6 nitrogen and oxygen atoms in total. The molecular formula is C24H23ClN2O4S. The molecule has 0 aromatic heterocycles. The number of ether oxygens (including phenoxy) is 2. The van der Waals surface area contributed by atoms with Crippen molar-refractivity contribution in [1.82, 2.24) is 9.84 Å². The number of aryl methyl sites for hydroxylation is 1. The third-order valence-corrected chi connectivity index (χ3v) is 7.35. The molecule has 1 aliphatic heterocycles. The lowest BCUT2D eigenvalue weighted by Crippen LogP contribution is -2.39. The summed E-state index contributed by atoms with van der Waals surface area (Å²) < 4.78 is 39.1. The average Bonchev–Trinajstić information content (AvgIpc) is 3.25. The zero-order chi connectivity index (χ0) is 22.9. The zero-order valence-corrected chi connectivity index (χ0v) is 19.4. The molecule has 0 radical (unpaired) electrons. The average molecular weight is 471 g/mol. The minimum absolute atomic E-state index is 0.189. The van der Waals surface area contributed by atoms with Crippen LogP contribution in [0, 0.1) is 6.92 Å². The van der Waals surface area contributed by atoms with E-state index < -0.39 is 16.1 Å². The van der Waals surface area contributed by atoms with E-state index >= 15 is 0 Å². The number of rotatable bonds is 6. The van der Waals surface area contributed by atoms with Crippen molar-refractivity contribution in [3.63, 3.8) is 0 Å². The van der Waals surface area contributed by atoms with Crippen LogP contribution in [0.4, 0.5) is 0 Å². The van der Waals surface area contributed by atoms with Crippen LogP contribution < -0.4 is 14.9 Å². The standard InChI is InChI=1S/C24H23ClN2O4S/c1-16-8-11-18(12-9-16)32(28,29)27-22(19-6-4-5-7-20(19)25)15-21(26-27)17-10-13-23(30-2)24(14-17)31-3/h4-15,22,26H,1-3H3/t22-/m0/s1. The first-order valence-corrected chi connectivity index (χ1v) is 11.7.